The fraction of sp³-hybridized carbons (Fsp3) is 0.150. The van der Waals surface area contributed by atoms with Crippen LogP contribution in [0.1, 0.15) is 22.3 Å². The van der Waals surface area contributed by atoms with E-state index in [-0.39, 0.29) is 0 Å². The van der Waals surface area contributed by atoms with Gasteiger partial charge in [0.25, 0.3) is 0 Å². The van der Waals surface area contributed by atoms with Crippen molar-refractivity contribution in [2.24, 2.45) is 0 Å². The molecule has 0 aliphatic rings. The van der Waals surface area contributed by atoms with Crippen LogP contribution >= 0.6 is 0 Å². The van der Waals surface area contributed by atoms with Crippen LogP contribution in [-0.4, -0.2) is 12.9 Å². The molecule has 0 heterocycles. The zero-order valence-electron chi connectivity index (χ0n) is 12.4. The molecule has 2 nitrogen and oxygen atoms in total. The molecule has 0 amide bonds. The fourth-order valence-corrected chi connectivity index (χ4v) is 2.52. The van der Waals surface area contributed by atoms with E-state index in [4.69, 9.17) is 4.74 Å². The lowest BCUT2D eigenvalue weighted by molar-refractivity contribution is 0.112. The summed E-state index contributed by atoms with van der Waals surface area (Å²) in [4.78, 5) is 10.8. The molecule has 0 aromatic heterocycles. The smallest absolute Gasteiger partial charge is 0.150 e. The van der Waals surface area contributed by atoms with Crippen LogP contribution in [0.25, 0.3) is 10.8 Å². The second-order valence-corrected chi connectivity index (χ2v) is 5.32. The summed E-state index contributed by atoms with van der Waals surface area (Å²) in [6.07, 6.45) is 2.89. The summed E-state index contributed by atoms with van der Waals surface area (Å²) in [7, 11) is 0. The van der Waals surface area contributed by atoms with Gasteiger partial charge in [0.05, 0.1) is 6.61 Å². The van der Waals surface area contributed by atoms with Crippen molar-refractivity contribution in [1.82, 2.24) is 0 Å². The Hall–Kier alpha value is -2.61. The van der Waals surface area contributed by atoms with E-state index >= 15 is 0 Å². The Morgan fingerprint density at radius 2 is 1.64 bits per heavy atom. The van der Waals surface area contributed by atoms with E-state index in [1.54, 1.807) is 0 Å². The average Bonchev–Trinajstić information content (AvgIpc) is 2.59. The van der Waals surface area contributed by atoms with E-state index in [0.717, 1.165) is 35.6 Å². The van der Waals surface area contributed by atoms with Crippen LogP contribution in [0.15, 0.2) is 66.7 Å². The van der Waals surface area contributed by atoms with Gasteiger partial charge in [-0.3, -0.25) is 4.79 Å². The number of hydrogen-bond acceptors (Lipinski definition) is 2. The number of benzene rings is 3. The first-order valence-electron chi connectivity index (χ1n) is 7.51. The van der Waals surface area contributed by atoms with Crippen LogP contribution in [0.5, 0.6) is 5.75 Å². The zero-order chi connectivity index (χ0) is 15.2. The molecule has 0 aliphatic carbocycles. The van der Waals surface area contributed by atoms with Gasteiger partial charge in [0.2, 0.25) is 0 Å². The van der Waals surface area contributed by atoms with Gasteiger partial charge in [-0.15, -0.1) is 0 Å². The number of hydrogen-bond donors (Lipinski definition) is 0. The van der Waals surface area contributed by atoms with Gasteiger partial charge >= 0.3 is 0 Å². The maximum atomic E-state index is 10.8. The van der Waals surface area contributed by atoms with Gasteiger partial charge in [-0.1, -0.05) is 48.5 Å². The third-order valence-corrected chi connectivity index (χ3v) is 3.69. The van der Waals surface area contributed by atoms with Gasteiger partial charge in [-0.25, -0.2) is 0 Å². The van der Waals surface area contributed by atoms with Crippen LogP contribution < -0.4 is 4.74 Å². The van der Waals surface area contributed by atoms with Gasteiger partial charge in [0.1, 0.15) is 12.0 Å². The number of fused-ring (bicyclic) bond motifs is 1. The van der Waals surface area contributed by atoms with Crippen molar-refractivity contribution in [3.63, 3.8) is 0 Å². The lowest BCUT2D eigenvalue weighted by Gasteiger charge is -2.08. The quantitative estimate of drug-likeness (QED) is 0.487. The zero-order valence-corrected chi connectivity index (χ0v) is 12.4. The standard InChI is InChI=1S/C20H18O2/c21-15-17-8-9-19-14-20(11-10-18(19)13-17)22-12-4-7-16-5-2-1-3-6-16/h1-3,5-6,8-11,13-15H,4,7,12H2. The third-order valence-electron chi connectivity index (χ3n) is 3.69. The molecule has 3 aromatic carbocycles. The van der Waals surface area contributed by atoms with E-state index < -0.39 is 0 Å². The van der Waals surface area contributed by atoms with Crippen molar-refractivity contribution in [3.8, 4) is 5.75 Å². The van der Waals surface area contributed by atoms with Gasteiger partial charge in [-0.2, -0.15) is 0 Å². The highest BCUT2D eigenvalue weighted by molar-refractivity contribution is 5.89. The number of ether oxygens (including phenoxy) is 1. The first-order chi connectivity index (χ1) is 10.8. The minimum absolute atomic E-state index is 0.698. The molecular formula is C20H18O2. The molecular weight excluding hydrogens is 272 g/mol. The van der Waals surface area contributed by atoms with Crippen molar-refractivity contribution >= 4 is 17.1 Å². The lowest BCUT2D eigenvalue weighted by atomic mass is 10.1. The minimum atomic E-state index is 0.698. The summed E-state index contributed by atoms with van der Waals surface area (Å²) in [5, 5.41) is 2.15. The van der Waals surface area contributed by atoms with Gasteiger partial charge in [-0.05, 0) is 47.4 Å². The predicted octanol–water partition coefficient (Wildman–Crippen LogP) is 4.66. The number of aryl methyl sites for hydroxylation is 1. The van der Waals surface area contributed by atoms with E-state index in [1.165, 1.54) is 5.56 Å². The summed E-state index contributed by atoms with van der Waals surface area (Å²) in [6.45, 7) is 0.701. The van der Waals surface area contributed by atoms with Crippen LogP contribution in [0.2, 0.25) is 0 Å². The number of aldehydes is 1. The molecule has 0 bridgehead atoms. The molecule has 0 radical (unpaired) electrons. The van der Waals surface area contributed by atoms with E-state index in [2.05, 4.69) is 24.3 Å². The van der Waals surface area contributed by atoms with Crippen LogP contribution in [0.4, 0.5) is 0 Å². The Kier molecular flexibility index (Phi) is 4.50. The monoisotopic (exact) mass is 290 g/mol. The van der Waals surface area contributed by atoms with E-state index in [9.17, 15) is 4.79 Å². The first kappa shape index (κ1) is 14.3. The molecule has 0 saturated heterocycles. The second-order valence-electron chi connectivity index (χ2n) is 5.32. The van der Waals surface area contributed by atoms with Crippen molar-refractivity contribution in [2.75, 3.05) is 6.61 Å². The van der Waals surface area contributed by atoms with Crippen molar-refractivity contribution in [2.45, 2.75) is 12.8 Å². The third kappa shape index (κ3) is 3.53. The molecule has 3 rings (SSSR count). The van der Waals surface area contributed by atoms with Crippen LogP contribution in [0, 0.1) is 0 Å². The molecule has 3 aromatic rings. The number of carbonyl (C=O) groups excluding carboxylic acids is 1. The topological polar surface area (TPSA) is 26.3 Å². The highest BCUT2D eigenvalue weighted by Crippen LogP contribution is 2.22. The van der Waals surface area contributed by atoms with Gasteiger partial charge in [0.15, 0.2) is 0 Å². The minimum Gasteiger partial charge on any atom is -0.494 e. The summed E-state index contributed by atoms with van der Waals surface area (Å²) in [5.74, 6) is 0.874. The first-order valence-corrected chi connectivity index (χ1v) is 7.51. The number of carbonyl (C=O) groups is 1. The lowest BCUT2D eigenvalue weighted by Crippen LogP contribution is -1.99. The Bertz CT molecular complexity index is 763. The summed E-state index contributed by atoms with van der Waals surface area (Å²) in [5.41, 5.74) is 2.04. The summed E-state index contributed by atoms with van der Waals surface area (Å²) in [6, 6.07) is 22.1. The van der Waals surface area contributed by atoms with Gasteiger partial charge < -0.3 is 4.74 Å². The van der Waals surface area contributed by atoms with Gasteiger partial charge in [0, 0.05) is 5.56 Å². The fourth-order valence-electron chi connectivity index (χ4n) is 2.52. The SMILES string of the molecule is O=Cc1ccc2cc(OCCCc3ccccc3)ccc2c1. The molecule has 2 heteroatoms. The summed E-state index contributed by atoms with van der Waals surface area (Å²) >= 11 is 0. The normalized spacial score (nSPS) is 10.5. The van der Waals surface area contributed by atoms with Crippen molar-refractivity contribution < 1.29 is 9.53 Å². The molecule has 0 N–H and O–H groups in total. The van der Waals surface area contributed by atoms with Crippen LogP contribution in [0.3, 0.4) is 0 Å². The summed E-state index contributed by atoms with van der Waals surface area (Å²) < 4.78 is 5.82. The second kappa shape index (κ2) is 6.90. The van der Waals surface area contributed by atoms with Crippen molar-refractivity contribution in [3.05, 3.63) is 77.9 Å². The molecule has 110 valence electrons. The van der Waals surface area contributed by atoms with E-state index in [0.29, 0.717) is 12.2 Å². The highest BCUT2D eigenvalue weighted by Gasteiger charge is 2.00. The highest BCUT2D eigenvalue weighted by atomic mass is 16.5. The molecule has 0 spiro atoms. The maximum Gasteiger partial charge on any atom is 0.150 e. The molecule has 0 aliphatic heterocycles. The molecule has 0 fully saturated rings. The Morgan fingerprint density at radius 3 is 2.45 bits per heavy atom. The largest absolute Gasteiger partial charge is 0.494 e. The maximum absolute atomic E-state index is 10.8. The Morgan fingerprint density at radius 1 is 0.864 bits per heavy atom. The predicted molar refractivity (Wildman–Crippen MR) is 89.6 cm³/mol. The Labute approximate surface area is 130 Å². The molecule has 0 unspecified atom stereocenters. The Balaban J connectivity index is 1.58. The molecule has 0 saturated carbocycles. The number of rotatable bonds is 6. The van der Waals surface area contributed by atoms with Crippen molar-refractivity contribution in [1.29, 1.82) is 0 Å². The molecule has 0 atom stereocenters. The average molecular weight is 290 g/mol. The van der Waals surface area contributed by atoms with E-state index in [1.807, 2.05) is 42.5 Å². The van der Waals surface area contributed by atoms with Crippen LogP contribution in [-0.2, 0) is 6.42 Å². The molecule has 22 heavy (non-hydrogen) atoms.